The van der Waals surface area contributed by atoms with Gasteiger partial charge in [0.25, 0.3) is 10.0 Å². The second-order valence-corrected chi connectivity index (χ2v) is 10.3. The molecule has 3 aromatic rings. The minimum atomic E-state index is -3.46. The van der Waals surface area contributed by atoms with E-state index in [1.165, 1.54) is 15.6 Å². The molecule has 128 valence electrons. The molecule has 0 amide bonds. The maximum atomic E-state index is 12.6. The Bertz CT molecular complexity index is 953. The third-order valence-corrected chi connectivity index (χ3v) is 8.39. The zero-order chi connectivity index (χ0) is 16.9. The molecule has 4 heterocycles. The van der Waals surface area contributed by atoms with Gasteiger partial charge < -0.3 is 4.90 Å². The van der Waals surface area contributed by atoms with Gasteiger partial charge in [-0.1, -0.05) is 22.9 Å². The lowest BCUT2D eigenvalue weighted by molar-refractivity contribution is 0.385. The number of hydrogen-bond acceptors (Lipinski definition) is 7. The molecule has 0 saturated carbocycles. The summed E-state index contributed by atoms with van der Waals surface area (Å²) in [5.74, 6) is 0. The molecule has 0 radical (unpaired) electrons. The molecule has 0 aromatic carbocycles. The van der Waals surface area contributed by atoms with E-state index < -0.39 is 10.0 Å². The molecule has 7 nitrogen and oxygen atoms in total. The van der Waals surface area contributed by atoms with Gasteiger partial charge in [-0.05, 0) is 19.1 Å². The number of sulfonamides is 1. The summed E-state index contributed by atoms with van der Waals surface area (Å²) >= 11 is 8.47. The Balaban J connectivity index is 1.49. The van der Waals surface area contributed by atoms with Crippen molar-refractivity contribution in [1.29, 1.82) is 0 Å². The first kappa shape index (κ1) is 16.3. The van der Waals surface area contributed by atoms with Crippen LogP contribution >= 0.6 is 34.3 Å². The lowest BCUT2D eigenvalue weighted by atomic mass is 10.4. The fourth-order valence-electron chi connectivity index (χ4n) is 2.61. The molecule has 4 rings (SSSR count). The minimum Gasteiger partial charge on any atom is -0.344 e. The minimum absolute atomic E-state index is 0.296. The fourth-order valence-corrected chi connectivity index (χ4v) is 6.65. The average molecular weight is 404 g/mol. The Labute approximate surface area is 152 Å². The van der Waals surface area contributed by atoms with Crippen molar-refractivity contribution < 1.29 is 8.42 Å². The second-order valence-electron chi connectivity index (χ2n) is 5.44. The molecule has 11 heteroatoms. The zero-order valence-electron chi connectivity index (χ0n) is 12.7. The molecule has 0 spiro atoms. The summed E-state index contributed by atoms with van der Waals surface area (Å²) in [4.78, 5) is 7.35. The SMILES string of the molecule is Cc1cn2nc(N3CCN(S(=O)(=O)c4ccc(Cl)s4)CC3)sc2n1. The number of imidazole rings is 1. The van der Waals surface area contributed by atoms with Gasteiger partial charge in [0.15, 0.2) is 0 Å². The summed E-state index contributed by atoms with van der Waals surface area (Å²) in [5, 5.41) is 5.39. The van der Waals surface area contributed by atoms with Crippen molar-refractivity contribution >= 4 is 54.4 Å². The smallest absolute Gasteiger partial charge is 0.252 e. The highest BCUT2D eigenvalue weighted by molar-refractivity contribution is 7.91. The van der Waals surface area contributed by atoms with Gasteiger partial charge in [-0.15, -0.1) is 16.4 Å². The number of anilines is 1. The van der Waals surface area contributed by atoms with Gasteiger partial charge in [0.1, 0.15) is 4.21 Å². The van der Waals surface area contributed by atoms with Crippen LogP contribution in [0.2, 0.25) is 4.34 Å². The van der Waals surface area contributed by atoms with Crippen LogP contribution in [0.15, 0.2) is 22.5 Å². The van der Waals surface area contributed by atoms with Gasteiger partial charge in [0.2, 0.25) is 10.1 Å². The van der Waals surface area contributed by atoms with Gasteiger partial charge in [-0.2, -0.15) is 4.31 Å². The van der Waals surface area contributed by atoms with Crippen LogP contribution in [0, 0.1) is 6.92 Å². The summed E-state index contributed by atoms with van der Waals surface area (Å²) < 4.78 is 29.3. The first-order valence-corrected chi connectivity index (χ1v) is 10.7. The average Bonchev–Trinajstić information content (AvgIpc) is 3.22. The molecule has 3 aromatic heterocycles. The number of halogens is 1. The van der Waals surface area contributed by atoms with Crippen LogP contribution in [0.5, 0.6) is 0 Å². The lowest BCUT2D eigenvalue weighted by Gasteiger charge is -2.33. The van der Waals surface area contributed by atoms with Gasteiger partial charge in [0, 0.05) is 26.2 Å². The van der Waals surface area contributed by atoms with E-state index in [1.807, 2.05) is 13.1 Å². The Hall–Kier alpha value is -1.20. The lowest BCUT2D eigenvalue weighted by Crippen LogP contribution is -2.48. The molecule has 24 heavy (non-hydrogen) atoms. The summed E-state index contributed by atoms with van der Waals surface area (Å²) in [5.41, 5.74) is 0.936. The number of piperazine rings is 1. The maximum Gasteiger partial charge on any atom is 0.252 e. The van der Waals surface area contributed by atoms with E-state index in [9.17, 15) is 8.42 Å². The second kappa shape index (κ2) is 5.95. The quantitative estimate of drug-likeness (QED) is 0.671. The zero-order valence-corrected chi connectivity index (χ0v) is 15.9. The number of thiophene rings is 1. The molecule has 0 N–H and O–H groups in total. The van der Waals surface area contributed by atoms with E-state index >= 15 is 0 Å². The number of hydrogen-bond donors (Lipinski definition) is 0. The fraction of sp³-hybridized carbons (Fsp3) is 0.385. The maximum absolute atomic E-state index is 12.6. The highest BCUT2D eigenvalue weighted by Gasteiger charge is 2.30. The van der Waals surface area contributed by atoms with Gasteiger partial charge in [-0.25, -0.2) is 17.9 Å². The van der Waals surface area contributed by atoms with Crippen molar-refractivity contribution in [1.82, 2.24) is 18.9 Å². The third kappa shape index (κ3) is 2.82. The Kier molecular flexibility index (Phi) is 4.04. The first-order chi connectivity index (χ1) is 11.4. The summed E-state index contributed by atoms with van der Waals surface area (Å²) in [6.45, 7) is 4.00. The van der Waals surface area contributed by atoms with Crippen molar-refractivity contribution in [2.45, 2.75) is 11.1 Å². The van der Waals surface area contributed by atoms with Crippen LogP contribution in [0.3, 0.4) is 0 Å². The predicted octanol–water partition coefficient (Wildman–Crippen LogP) is 2.33. The molecule has 0 bridgehead atoms. The summed E-state index contributed by atoms with van der Waals surface area (Å²) in [6.07, 6.45) is 1.89. The van der Waals surface area contributed by atoms with Crippen LogP contribution in [-0.2, 0) is 10.0 Å². The highest BCUT2D eigenvalue weighted by Crippen LogP contribution is 2.30. The normalized spacial score (nSPS) is 17.0. The van der Waals surface area contributed by atoms with Crippen LogP contribution in [0.25, 0.3) is 4.96 Å². The van der Waals surface area contributed by atoms with Crippen molar-refractivity contribution in [3.63, 3.8) is 0 Å². The summed E-state index contributed by atoms with van der Waals surface area (Å²) in [7, 11) is -3.46. The number of aryl methyl sites for hydroxylation is 1. The predicted molar refractivity (Wildman–Crippen MR) is 95.9 cm³/mol. The van der Waals surface area contributed by atoms with E-state index in [0.29, 0.717) is 34.7 Å². The molecular formula is C13H14ClN5O2S3. The number of aromatic nitrogens is 3. The molecule has 1 fully saturated rings. The van der Waals surface area contributed by atoms with E-state index in [1.54, 1.807) is 16.6 Å². The standard InChI is InChI=1S/C13H14ClN5O2S3/c1-9-8-19-12(15-9)23-13(16-19)17-4-6-18(7-5-17)24(20,21)11-3-2-10(14)22-11/h2-3,8H,4-7H2,1H3. The topological polar surface area (TPSA) is 70.8 Å². The van der Waals surface area contributed by atoms with Crippen LogP contribution in [0.4, 0.5) is 5.13 Å². The summed E-state index contributed by atoms with van der Waals surface area (Å²) in [6, 6.07) is 3.18. The van der Waals surface area contributed by atoms with Crippen LogP contribution < -0.4 is 4.90 Å². The largest absolute Gasteiger partial charge is 0.344 e. The number of rotatable bonds is 3. The monoisotopic (exact) mass is 403 g/mol. The number of fused-ring (bicyclic) bond motifs is 1. The van der Waals surface area contributed by atoms with E-state index in [0.717, 1.165) is 27.1 Å². The van der Waals surface area contributed by atoms with Crippen molar-refractivity contribution in [2.24, 2.45) is 0 Å². The third-order valence-electron chi connectivity index (χ3n) is 3.80. The van der Waals surface area contributed by atoms with E-state index in [2.05, 4.69) is 15.0 Å². The molecule has 1 saturated heterocycles. The molecule has 1 aliphatic rings. The van der Waals surface area contributed by atoms with Crippen molar-refractivity contribution in [3.8, 4) is 0 Å². The van der Waals surface area contributed by atoms with Gasteiger partial charge in [-0.3, -0.25) is 0 Å². The van der Waals surface area contributed by atoms with Gasteiger partial charge in [0.05, 0.1) is 16.2 Å². The number of nitrogens with zero attached hydrogens (tertiary/aromatic N) is 5. The van der Waals surface area contributed by atoms with Crippen molar-refractivity contribution in [3.05, 3.63) is 28.4 Å². The Morgan fingerprint density at radius 3 is 2.54 bits per heavy atom. The van der Waals surface area contributed by atoms with Crippen molar-refractivity contribution in [2.75, 3.05) is 31.1 Å². The van der Waals surface area contributed by atoms with Crippen LogP contribution in [-0.4, -0.2) is 53.5 Å². The first-order valence-electron chi connectivity index (χ1n) is 7.27. The molecular weight excluding hydrogens is 390 g/mol. The van der Waals surface area contributed by atoms with Gasteiger partial charge >= 0.3 is 0 Å². The van der Waals surface area contributed by atoms with E-state index in [4.69, 9.17) is 11.6 Å². The molecule has 1 aliphatic heterocycles. The van der Waals surface area contributed by atoms with E-state index in [-0.39, 0.29) is 0 Å². The Morgan fingerprint density at radius 2 is 1.92 bits per heavy atom. The Morgan fingerprint density at radius 1 is 1.17 bits per heavy atom. The highest BCUT2D eigenvalue weighted by atomic mass is 35.5. The van der Waals surface area contributed by atoms with Crippen LogP contribution in [0.1, 0.15) is 5.69 Å². The molecule has 0 aliphatic carbocycles. The molecule has 0 atom stereocenters. The molecule has 0 unspecified atom stereocenters.